The Kier molecular flexibility index (Phi) is 5.35. The Hall–Kier alpha value is -2.69. The van der Waals surface area contributed by atoms with E-state index in [4.69, 9.17) is 4.74 Å². The van der Waals surface area contributed by atoms with E-state index < -0.39 is 5.25 Å². The lowest BCUT2D eigenvalue weighted by molar-refractivity contribution is -0.121. The molecule has 0 radical (unpaired) electrons. The lowest BCUT2D eigenvalue weighted by atomic mass is 10.1. The van der Waals surface area contributed by atoms with Gasteiger partial charge in [0.2, 0.25) is 11.8 Å². The lowest BCUT2D eigenvalue weighted by Gasteiger charge is -2.15. The summed E-state index contributed by atoms with van der Waals surface area (Å²) >= 11 is 1.17. The molecule has 1 aromatic heterocycles. The molecule has 1 fully saturated rings. The van der Waals surface area contributed by atoms with Crippen molar-refractivity contribution in [2.75, 3.05) is 12.0 Å². The maximum atomic E-state index is 12.8. The van der Waals surface area contributed by atoms with Gasteiger partial charge in [-0.05, 0) is 30.7 Å². The van der Waals surface area contributed by atoms with E-state index in [0.29, 0.717) is 16.3 Å². The van der Waals surface area contributed by atoms with Crippen LogP contribution in [0, 0.1) is 18.3 Å². The summed E-state index contributed by atoms with van der Waals surface area (Å²) in [6.07, 6.45) is 0.0818. The molecule has 26 heavy (non-hydrogen) atoms. The fourth-order valence-electron chi connectivity index (χ4n) is 2.86. The van der Waals surface area contributed by atoms with Gasteiger partial charge < -0.3 is 4.74 Å². The summed E-state index contributed by atoms with van der Waals surface area (Å²) in [5.74, 6) is -0.534. The molecule has 0 N–H and O–H groups in total. The summed E-state index contributed by atoms with van der Waals surface area (Å²) in [7, 11) is 1.56. The summed E-state index contributed by atoms with van der Waals surface area (Å²) in [4.78, 5) is 30.7. The summed E-state index contributed by atoms with van der Waals surface area (Å²) < 4.78 is 5.15. The molecule has 6 nitrogen and oxygen atoms in total. The first kappa shape index (κ1) is 18.1. The first-order valence-corrected chi connectivity index (χ1v) is 8.91. The Morgan fingerprint density at radius 3 is 2.73 bits per heavy atom. The number of carbonyl (C=O) groups is 2. The van der Waals surface area contributed by atoms with Crippen LogP contribution in [-0.2, 0) is 20.9 Å². The number of imide groups is 1. The number of hydrogen-bond acceptors (Lipinski definition) is 6. The Labute approximate surface area is 155 Å². The second kappa shape index (κ2) is 7.68. The minimum Gasteiger partial charge on any atom is -0.380 e. The summed E-state index contributed by atoms with van der Waals surface area (Å²) in [6, 6.07) is 12.8. The highest BCUT2D eigenvalue weighted by Gasteiger charge is 2.40. The third-order valence-corrected chi connectivity index (χ3v) is 5.15. The van der Waals surface area contributed by atoms with Crippen molar-refractivity contribution in [3.05, 3.63) is 53.2 Å². The lowest BCUT2D eigenvalue weighted by Crippen LogP contribution is -2.31. The number of aryl methyl sites for hydroxylation is 1. The predicted octanol–water partition coefficient (Wildman–Crippen LogP) is 2.83. The van der Waals surface area contributed by atoms with E-state index in [-0.39, 0.29) is 24.8 Å². The number of hydrogen-bond donors (Lipinski definition) is 0. The van der Waals surface area contributed by atoms with Gasteiger partial charge in [-0.25, -0.2) is 9.88 Å². The molecule has 0 aliphatic carbocycles. The van der Waals surface area contributed by atoms with Gasteiger partial charge in [0.15, 0.2) is 0 Å². The van der Waals surface area contributed by atoms with Gasteiger partial charge in [0, 0.05) is 19.2 Å². The van der Waals surface area contributed by atoms with Crippen LogP contribution in [0.2, 0.25) is 0 Å². The second-order valence-electron chi connectivity index (χ2n) is 5.86. The molecule has 2 aromatic rings. The van der Waals surface area contributed by atoms with E-state index in [2.05, 4.69) is 11.1 Å². The van der Waals surface area contributed by atoms with E-state index >= 15 is 0 Å². The predicted molar refractivity (Wildman–Crippen MR) is 97.6 cm³/mol. The van der Waals surface area contributed by atoms with Crippen molar-refractivity contribution < 1.29 is 14.3 Å². The van der Waals surface area contributed by atoms with Crippen molar-refractivity contribution in [3.63, 3.8) is 0 Å². The zero-order chi connectivity index (χ0) is 18.7. The summed E-state index contributed by atoms with van der Waals surface area (Å²) in [5.41, 5.74) is 2.40. The third kappa shape index (κ3) is 3.47. The minimum absolute atomic E-state index is 0.0818. The first-order chi connectivity index (χ1) is 12.5. The second-order valence-corrected chi connectivity index (χ2v) is 7.05. The normalized spacial score (nSPS) is 16.8. The zero-order valence-electron chi connectivity index (χ0n) is 14.4. The Bertz CT molecular complexity index is 893. The van der Waals surface area contributed by atoms with Gasteiger partial charge in [0.1, 0.15) is 11.1 Å². The number of carbonyl (C=O) groups excluding carboxylic acids is 2. The Morgan fingerprint density at radius 1 is 1.35 bits per heavy atom. The van der Waals surface area contributed by atoms with Crippen LogP contribution < -0.4 is 4.90 Å². The molecule has 1 aromatic carbocycles. The smallest absolute Gasteiger partial charge is 0.247 e. The van der Waals surface area contributed by atoms with Gasteiger partial charge in [-0.15, -0.1) is 0 Å². The minimum atomic E-state index is -0.598. The highest BCUT2D eigenvalue weighted by atomic mass is 32.2. The van der Waals surface area contributed by atoms with Gasteiger partial charge >= 0.3 is 0 Å². The molecule has 0 saturated carbocycles. The largest absolute Gasteiger partial charge is 0.380 e. The van der Waals surface area contributed by atoms with Crippen molar-refractivity contribution in [1.82, 2.24) is 4.98 Å². The van der Waals surface area contributed by atoms with Crippen LogP contribution in [0.3, 0.4) is 0 Å². The van der Waals surface area contributed by atoms with Crippen molar-refractivity contribution in [2.45, 2.75) is 30.2 Å². The number of methoxy groups -OCH3 is 1. The number of rotatable bonds is 5. The van der Waals surface area contributed by atoms with E-state index in [1.165, 1.54) is 16.7 Å². The topological polar surface area (TPSA) is 83.3 Å². The van der Waals surface area contributed by atoms with Crippen molar-refractivity contribution in [2.24, 2.45) is 0 Å². The van der Waals surface area contributed by atoms with Gasteiger partial charge in [0.25, 0.3) is 0 Å². The maximum absolute atomic E-state index is 12.8. The third-order valence-electron chi connectivity index (χ3n) is 3.98. The zero-order valence-corrected chi connectivity index (χ0v) is 15.2. The number of ether oxygens (including phenoxy) is 1. The number of aromatic nitrogens is 1. The molecule has 1 aliphatic heterocycles. The molecule has 0 spiro atoms. The number of nitrogens with zero attached hydrogens (tertiary/aromatic N) is 3. The van der Waals surface area contributed by atoms with Crippen LogP contribution in [-0.4, -0.2) is 29.2 Å². The average molecular weight is 367 g/mol. The van der Waals surface area contributed by atoms with Crippen LogP contribution in [0.1, 0.15) is 23.2 Å². The van der Waals surface area contributed by atoms with Crippen molar-refractivity contribution in [3.8, 4) is 6.07 Å². The molecule has 7 heteroatoms. The number of amides is 2. The fourth-order valence-corrected chi connectivity index (χ4v) is 4.06. The number of pyridine rings is 1. The first-order valence-electron chi connectivity index (χ1n) is 8.03. The van der Waals surface area contributed by atoms with Crippen LogP contribution >= 0.6 is 11.8 Å². The number of benzene rings is 1. The average Bonchev–Trinajstić information content (AvgIpc) is 2.89. The molecule has 1 saturated heterocycles. The van der Waals surface area contributed by atoms with E-state index in [0.717, 1.165) is 11.3 Å². The highest BCUT2D eigenvalue weighted by molar-refractivity contribution is 8.00. The number of nitriles is 1. The van der Waals surface area contributed by atoms with Crippen molar-refractivity contribution >= 4 is 29.3 Å². The summed E-state index contributed by atoms with van der Waals surface area (Å²) in [6.45, 7) is 2.11. The molecular formula is C19H17N3O3S. The van der Waals surface area contributed by atoms with E-state index in [1.807, 2.05) is 13.0 Å². The molecular weight excluding hydrogens is 350 g/mol. The van der Waals surface area contributed by atoms with Gasteiger partial charge in [-0.2, -0.15) is 5.26 Å². The SMILES string of the molecule is COCc1cc(C)nc(S[C@@H]2CC(=O)N(c3ccccc3)C2=O)c1C#N. The highest BCUT2D eigenvalue weighted by Crippen LogP contribution is 2.35. The quantitative estimate of drug-likeness (QED) is 0.756. The fraction of sp³-hybridized carbons (Fsp3) is 0.263. The van der Waals surface area contributed by atoms with E-state index in [9.17, 15) is 14.9 Å². The van der Waals surface area contributed by atoms with Crippen LogP contribution in [0.15, 0.2) is 41.4 Å². The van der Waals surface area contributed by atoms with Crippen LogP contribution in [0.5, 0.6) is 0 Å². The molecule has 1 atom stereocenters. The number of thioether (sulfide) groups is 1. The van der Waals surface area contributed by atoms with Crippen LogP contribution in [0.4, 0.5) is 5.69 Å². The molecule has 2 heterocycles. The Morgan fingerprint density at radius 2 is 2.08 bits per heavy atom. The van der Waals surface area contributed by atoms with Crippen LogP contribution in [0.25, 0.3) is 0 Å². The standard InChI is InChI=1S/C19H17N3O3S/c1-12-8-13(11-25-2)15(10-20)18(21-12)26-16-9-17(23)22(19(16)24)14-6-4-3-5-7-14/h3-8,16H,9,11H2,1-2H3/t16-/m1/s1. The number of para-hydroxylation sites is 1. The molecule has 0 bridgehead atoms. The molecule has 2 amide bonds. The van der Waals surface area contributed by atoms with Gasteiger partial charge in [-0.3, -0.25) is 9.59 Å². The van der Waals surface area contributed by atoms with Crippen molar-refractivity contribution in [1.29, 1.82) is 5.26 Å². The van der Waals surface area contributed by atoms with Gasteiger partial charge in [0.05, 0.1) is 23.1 Å². The monoisotopic (exact) mass is 367 g/mol. The Balaban J connectivity index is 1.90. The maximum Gasteiger partial charge on any atom is 0.247 e. The summed E-state index contributed by atoms with van der Waals surface area (Å²) in [5, 5.41) is 9.38. The molecule has 0 unspecified atom stereocenters. The van der Waals surface area contributed by atoms with E-state index in [1.54, 1.807) is 37.4 Å². The number of anilines is 1. The molecule has 132 valence electrons. The molecule has 1 aliphatic rings. The molecule has 3 rings (SSSR count). The van der Waals surface area contributed by atoms with Gasteiger partial charge in [-0.1, -0.05) is 30.0 Å².